The van der Waals surface area contributed by atoms with E-state index in [1.54, 1.807) is 6.07 Å². The summed E-state index contributed by atoms with van der Waals surface area (Å²) in [6, 6.07) is 13.3. The van der Waals surface area contributed by atoms with Gasteiger partial charge in [0.1, 0.15) is 13.2 Å². The van der Waals surface area contributed by atoms with E-state index < -0.39 is 6.10 Å². The minimum atomic E-state index is -0.477. The van der Waals surface area contributed by atoms with Crippen molar-refractivity contribution in [2.45, 2.75) is 25.4 Å². The number of carbonyl (C=O) groups excluding carboxylic acids is 1. The van der Waals surface area contributed by atoms with Gasteiger partial charge in [-0.1, -0.05) is 41.9 Å². The van der Waals surface area contributed by atoms with Crippen LogP contribution < -0.4 is 9.47 Å². The maximum atomic E-state index is 12.7. The number of nitrogens with zero attached hydrogens (tertiary/aromatic N) is 1. The molecule has 2 aliphatic rings. The van der Waals surface area contributed by atoms with Crippen molar-refractivity contribution in [1.82, 2.24) is 4.90 Å². The van der Waals surface area contributed by atoms with Crippen LogP contribution in [0.4, 0.5) is 0 Å². The third-order valence-electron chi connectivity index (χ3n) is 5.49. The molecule has 0 saturated carbocycles. The molecular formula is C22H24ClNO4. The summed E-state index contributed by atoms with van der Waals surface area (Å²) in [5.41, 5.74) is 1.77. The van der Waals surface area contributed by atoms with Crippen molar-refractivity contribution in [2.75, 3.05) is 26.3 Å². The Bertz CT molecular complexity index is 834. The van der Waals surface area contributed by atoms with Gasteiger partial charge in [0.15, 0.2) is 11.5 Å². The second kappa shape index (κ2) is 8.41. The molecule has 0 radical (unpaired) electrons. The van der Waals surface area contributed by atoms with Crippen LogP contribution in [0, 0.1) is 5.92 Å². The highest BCUT2D eigenvalue weighted by molar-refractivity contribution is 6.32. The number of ether oxygens (including phenoxy) is 2. The Kier molecular flexibility index (Phi) is 5.74. The molecule has 1 fully saturated rings. The number of fused-ring (bicyclic) bond motifs is 1. The molecule has 5 nitrogen and oxygen atoms in total. The Morgan fingerprint density at radius 3 is 2.61 bits per heavy atom. The molecule has 2 aliphatic heterocycles. The Morgan fingerprint density at radius 2 is 1.86 bits per heavy atom. The topological polar surface area (TPSA) is 59.0 Å². The molecule has 0 aromatic heterocycles. The van der Waals surface area contributed by atoms with Crippen LogP contribution in [-0.2, 0) is 11.2 Å². The smallest absolute Gasteiger partial charge is 0.226 e. The monoisotopic (exact) mass is 401 g/mol. The van der Waals surface area contributed by atoms with Gasteiger partial charge in [-0.2, -0.15) is 0 Å². The number of rotatable bonds is 4. The van der Waals surface area contributed by atoms with Crippen LogP contribution in [0.1, 0.15) is 30.1 Å². The second-order valence-corrected chi connectivity index (χ2v) is 7.76. The van der Waals surface area contributed by atoms with Gasteiger partial charge in [0.05, 0.1) is 17.5 Å². The molecule has 148 valence electrons. The molecule has 0 bridgehead atoms. The maximum Gasteiger partial charge on any atom is 0.226 e. The van der Waals surface area contributed by atoms with E-state index in [4.69, 9.17) is 21.1 Å². The third-order valence-corrected chi connectivity index (χ3v) is 5.77. The molecule has 4 rings (SSSR count). The molecule has 1 atom stereocenters. The first-order chi connectivity index (χ1) is 13.6. The van der Waals surface area contributed by atoms with Crippen molar-refractivity contribution in [3.63, 3.8) is 0 Å². The fourth-order valence-electron chi connectivity index (χ4n) is 3.94. The zero-order valence-electron chi connectivity index (χ0n) is 15.6. The van der Waals surface area contributed by atoms with Crippen molar-refractivity contribution in [3.05, 3.63) is 58.6 Å². The first kappa shape index (κ1) is 19.1. The molecule has 2 aromatic rings. The summed E-state index contributed by atoms with van der Waals surface area (Å²) in [7, 11) is 0. The number of halogens is 1. The molecule has 0 spiro atoms. The lowest BCUT2D eigenvalue weighted by Crippen LogP contribution is -2.40. The Morgan fingerprint density at radius 1 is 1.14 bits per heavy atom. The standard InChI is InChI=1S/C22H24ClNO4/c23-18-12-15(13-19-22(18)28-11-10-27-19)14-20(25)24-8-6-17(7-9-24)21(26)16-4-2-1-3-5-16/h1-5,12-13,17,21,26H,6-11,14H2. The molecule has 2 heterocycles. The van der Waals surface area contributed by atoms with Crippen molar-refractivity contribution >= 4 is 17.5 Å². The van der Waals surface area contributed by atoms with Crippen molar-refractivity contribution in [1.29, 1.82) is 0 Å². The zero-order valence-corrected chi connectivity index (χ0v) is 16.4. The molecule has 6 heteroatoms. The number of aliphatic hydroxyl groups excluding tert-OH is 1. The van der Waals surface area contributed by atoms with Crippen molar-refractivity contribution in [3.8, 4) is 11.5 Å². The second-order valence-electron chi connectivity index (χ2n) is 7.35. The fourth-order valence-corrected chi connectivity index (χ4v) is 4.23. The van der Waals surface area contributed by atoms with Crippen molar-refractivity contribution in [2.24, 2.45) is 5.92 Å². The normalized spacial score (nSPS) is 18.0. The molecule has 0 aliphatic carbocycles. The van der Waals surface area contributed by atoms with Gasteiger partial charge >= 0.3 is 0 Å². The number of hydrogen-bond donors (Lipinski definition) is 1. The van der Waals surface area contributed by atoms with Crippen LogP contribution in [-0.4, -0.2) is 42.2 Å². The first-order valence-electron chi connectivity index (χ1n) is 9.70. The molecular weight excluding hydrogens is 378 g/mol. The number of piperidine rings is 1. The third kappa shape index (κ3) is 4.10. The lowest BCUT2D eigenvalue weighted by Gasteiger charge is -2.34. The molecule has 1 amide bonds. The molecule has 28 heavy (non-hydrogen) atoms. The Balaban J connectivity index is 1.35. The number of likely N-dealkylation sites (tertiary alicyclic amines) is 1. The van der Waals surface area contributed by atoms with Gasteiger partial charge in [0.25, 0.3) is 0 Å². The van der Waals surface area contributed by atoms with Crippen LogP contribution in [0.25, 0.3) is 0 Å². The van der Waals surface area contributed by atoms with E-state index in [0.29, 0.717) is 42.8 Å². The number of amides is 1. The molecule has 1 saturated heterocycles. The van der Waals surface area contributed by atoms with Gasteiger partial charge in [-0.05, 0) is 42.0 Å². The summed E-state index contributed by atoms with van der Waals surface area (Å²) in [4.78, 5) is 14.6. The maximum absolute atomic E-state index is 12.7. The summed E-state index contributed by atoms with van der Waals surface area (Å²) in [6.07, 6.45) is 1.39. The number of hydrogen-bond acceptors (Lipinski definition) is 4. The van der Waals surface area contributed by atoms with Gasteiger partial charge in [-0.15, -0.1) is 0 Å². The van der Waals surface area contributed by atoms with Crippen LogP contribution in [0.15, 0.2) is 42.5 Å². The van der Waals surface area contributed by atoms with Crippen LogP contribution in [0.3, 0.4) is 0 Å². The SMILES string of the molecule is O=C(Cc1cc(Cl)c2c(c1)OCCO2)N1CCC(C(O)c2ccccc2)CC1. The molecule has 2 aromatic carbocycles. The minimum absolute atomic E-state index is 0.0698. The summed E-state index contributed by atoms with van der Waals surface area (Å²) < 4.78 is 11.1. The molecule has 1 unspecified atom stereocenters. The Hall–Kier alpha value is -2.24. The van der Waals surface area contributed by atoms with E-state index in [2.05, 4.69) is 0 Å². The fraction of sp³-hybridized carbons (Fsp3) is 0.409. The van der Waals surface area contributed by atoms with Gasteiger partial charge in [-0.25, -0.2) is 0 Å². The van der Waals surface area contributed by atoms with E-state index in [9.17, 15) is 9.90 Å². The number of benzene rings is 2. The average Bonchev–Trinajstić information content (AvgIpc) is 2.74. The van der Waals surface area contributed by atoms with E-state index >= 15 is 0 Å². The zero-order chi connectivity index (χ0) is 19.5. The largest absolute Gasteiger partial charge is 0.486 e. The van der Waals surface area contributed by atoms with Crippen molar-refractivity contribution < 1.29 is 19.4 Å². The minimum Gasteiger partial charge on any atom is -0.486 e. The highest BCUT2D eigenvalue weighted by Gasteiger charge is 2.28. The number of carbonyl (C=O) groups is 1. The summed E-state index contributed by atoms with van der Waals surface area (Å²) in [6.45, 7) is 2.28. The van der Waals surface area contributed by atoms with Gasteiger partial charge in [0.2, 0.25) is 5.91 Å². The van der Waals surface area contributed by atoms with Gasteiger partial charge in [0, 0.05) is 13.1 Å². The summed E-state index contributed by atoms with van der Waals surface area (Å²) in [5.74, 6) is 1.40. The summed E-state index contributed by atoms with van der Waals surface area (Å²) in [5, 5.41) is 11.1. The lowest BCUT2D eigenvalue weighted by molar-refractivity contribution is -0.132. The predicted molar refractivity (Wildman–Crippen MR) is 107 cm³/mol. The van der Waals surface area contributed by atoms with Gasteiger partial charge < -0.3 is 19.5 Å². The highest BCUT2D eigenvalue weighted by atomic mass is 35.5. The molecule has 1 N–H and O–H groups in total. The summed E-state index contributed by atoms with van der Waals surface area (Å²) >= 11 is 6.27. The quantitative estimate of drug-likeness (QED) is 0.850. The van der Waals surface area contributed by atoms with Crippen LogP contribution in [0.2, 0.25) is 5.02 Å². The van der Waals surface area contributed by atoms with E-state index in [1.165, 1.54) is 0 Å². The van der Waals surface area contributed by atoms with Gasteiger partial charge in [-0.3, -0.25) is 4.79 Å². The first-order valence-corrected chi connectivity index (χ1v) is 10.1. The van der Waals surface area contributed by atoms with E-state index in [1.807, 2.05) is 41.3 Å². The average molecular weight is 402 g/mol. The predicted octanol–water partition coefficient (Wildman–Crippen LogP) is 3.63. The van der Waals surface area contributed by atoms with E-state index in [0.717, 1.165) is 24.0 Å². The lowest BCUT2D eigenvalue weighted by atomic mass is 9.87. The van der Waals surface area contributed by atoms with E-state index in [-0.39, 0.29) is 18.2 Å². The van der Waals surface area contributed by atoms with Crippen LogP contribution >= 0.6 is 11.6 Å². The number of aliphatic hydroxyl groups is 1. The highest BCUT2D eigenvalue weighted by Crippen LogP contribution is 2.38. The van der Waals surface area contributed by atoms with Crippen LogP contribution in [0.5, 0.6) is 11.5 Å². The Labute approximate surface area is 169 Å².